The number of quaternary nitrogens is 1. The van der Waals surface area contributed by atoms with Crippen LogP contribution in [0, 0.1) is 0 Å². The molecule has 0 radical (unpaired) electrons. The van der Waals surface area contributed by atoms with E-state index < -0.39 is 0 Å². The fourth-order valence-corrected chi connectivity index (χ4v) is 2.82. The molecule has 0 spiro atoms. The van der Waals surface area contributed by atoms with Crippen LogP contribution in [0.4, 0.5) is 5.69 Å². The molecule has 1 heterocycles. The molecule has 4 nitrogen and oxygen atoms in total. The van der Waals surface area contributed by atoms with Crippen LogP contribution in [0.3, 0.4) is 0 Å². The second kappa shape index (κ2) is 8.79. The molecule has 0 aliphatic heterocycles. The molecule has 0 atom stereocenters. The van der Waals surface area contributed by atoms with E-state index in [4.69, 9.17) is 11.6 Å². The first-order chi connectivity index (χ1) is 11.9. The summed E-state index contributed by atoms with van der Waals surface area (Å²) in [5, 5.41) is 5.98. The Hall–Kier alpha value is -1.70. The van der Waals surface area contributed by atoms with Crippen LogP contribution >= 0.6 is 11.6 Å². The van der Waals surface area contributed by atoms with Crippen molar-refractivity contribution in [2.75, 3.05) is 26.6 Å². The number of anilines is 1. The monoisotopic (exact) mass is 480 g/mol. The number of aromatic nitrogens is 1. The van der Waals surface area contributed by atoms with Crippen molar-refractivity contribution in [3.05, 3.63) is 70.9 Å². The first-order valence-electron chi connectivity index (χ1n) is 8.13. The Morgan fingerprint density at radius 2 is 1.81 bits per heavy atom. The van der Waals surface area contributed by atoms with Gasteiger partial charge in [0.15, 0.2) is 0 Å². The van der Waals surface area contributed by atoms with Crippen LogP contribution < -0.4 is 29.4 Å². The molecule has 136 valence electrons. The molecule has 2 aromatic carbocycles. The average molecular weight is 481 g/mol. The van der Waals surface area contributed by atoms with Crippen LogP contribution in [-0.4, -0.2) is 36.8 Å². The van der Waals surface area contributed by atoms with Crippen LogP contribution in [0.2, 0.25) is 5.02 Å². The molecule has 0 aliphatic rings. The third-order valence-electron chi connectivity index (χ3n) is 3.74. The van der Waals surface area contributed by atoms with E-state index >= 15 is 0 Å². The number of nitrogens with one attached hydrogen (secondary N) is 1. The van der Waals surface area contributed by atoms with Gasteiger partial charge in [0.1, 0.15) is 6.54 Å². The standard InChI is InChI=1S/C20H22ClN4.HI/c1-25(2,3)14-16-6-4-15(5-7-16)13-23-24-20-10-11-22-19-9-8-17(21)12-18(19)20;/h4-13H,14H2,1-3H3,(H,22,24);1H/q+1;/p-1/b23-13-;. The van der Waals surface area contributed by atoms with E-state index in [0.29, 0.717) is 5.02 Å². The number of nitrogens with zero attached hydrogens (tertiary/aromatic N) is 3. The van der Waals surface area contributed by atoms with Crippen molar-refractivity contribution in [3.63, 3.8) is 0 Å². The molecule has 0 bridgehead atoms. The van der Waals surface area contributed by atoms with Gasteiger partial charge in [-0.2, -0.15) is 5.10 Å². The van der Waals surface area contributed by atoms with E-state index in [1.807, 2.05) is 30.5 Å². The summed E-state index contributed by atoms with van der Waals surface area (Å²) in [5.41, 5.74) is 7.21. The topological polar surface area (TPSA) is 37.3 Å². The lowest BCUT2D eigenvalue weighted by molar-refractivity contribution is -0.884. The van der Waals surface area contributed by atoms with E-state index in [2.05, 4.69) is 60.9 Å². The summed E-state index contributed by atoms with van der Waals surface area (Å²) in [7, 11) is 6.56. The Morgan fingerprint density at radius 1 is 1.08 bits per heavy atom. The van der Waals surface area contributed by atoms with Gasteiger partial charge in [0.25, 0.3) is 0 Å². The van der Waals surface area contributed by atoms with Crippen molar-refractivity contribution in [2.24, 2.45) is 5.10 Å². The van der Waals surface area contributed by atoms with Crippen LogP contribution in [0.25, 0.3) is 10.9 Å². The van der Waals surface area contributed by atoms with E-state index in [-0.39, 0.29) is 24.0 Å². The van der Waals surface area contributed by atoms with Crippen molar-refractivity contribution in [3.8, 4) is 0 Å². The first kappa shape index (κ1) is 20.6. The van der Waals surface area contributed by atoms with Crippen LogP contribution in [0.5, 0.6) is 0 Å². The van der Waals surface area contributed by atoms with Gasteiger partial charge >= 0.3 is 0 Å². The molecule has 26 heavy (non-hydrogen) atoms. The third-order valence-corrected chi connectivity index (χ3v) is 3.97. The number of pyridine rings is 1. The summed E-state index contributed by atoms with van der Waals surface area (Å²) in [6.07, 6.45) is 3.57. The Labute approximate surface area is 176 Å². The van der Waals surface area contributed by atoms with E-state index in [0.717, 1.165) is 33.2 Å². The quantitative estimate of drug-likeness (QED) is 0.260. The fourth-order valence-electron chi connectivity index (χ4n) is 2.65. The van der Waals surface area contributed by atoms with Gasteiger partial charge in [-0.1, -0.05) is 35.9 Å². The van der Waals surface area contributed by atoms with Crippen molar-refractivity contribution in [1.29, 1.82) is 0 Å². The molecule has 0 unspecified atom stereocenters. The molecule has 0 fully saturated rings. The Bertz CT molecular complexity index is 902. The van der Waals surface area contributed by atoms with Gasteiger partial charge in [0, 0.05) is 22.2 Å². The number of benzene rings is 2. The summed E-state index contributed by atoms with van der Waals surface area (Å²) in [4.78, 5) is 4.34. The molecule has 0 aliphatic carbocycles. The Balaban J connectivity index is 0.00000243. The normalized spacial score (nSPS) is 11.5. The van der Waals surface area contributed by atoms with Gasteiger partial charge in [-0.15, -0.1) is 0 Å². The lowest BCUT2D eigenvalue weighted by Crippen LogP contribution is -3.00. The molecule has 3 aromatic rings. The molecule has 1 N–H and O–H groups in total. The van der Waals surface area contributed by atoms with Gasteiger partial charge in [-0.25, -0.2) is 0 Å². The molecule has 0 saturated heterocycles. The highest BCUT2D eigenvalue weighted by Crippen LogP contribution is 2.24. The second-order valence-electron chi connectivity index (χ2n) is 7.08. The summed E-state index contributed by atoms with van der Waals surface area (Å²) >= 11 is 6.09. The predicted octanol–water partition coefficient (Wildman–Crippen LogP) is 1.54. The largest absolute Gasteiger partial charge is 1.00 e. The molecule has 0 saturated carbocycles. The summed E-state index contributed by atoms with van der Waals surface area (Å²) < 4.78 is 0.909. The minimum atomic E-state index is 0. The van der Waals surface area contributed by atoms with Crippen LogP contribution in [-0.2, 0) is 6.54 Å². The van der Waals surface area contributed by atoms with Crippen molar-refractivity contribution < 1.29 is 28.5 Å². The lowest BCUT2D eigenvalue weighted by atomic mass is 10.1. The summed E-state index contributed by atoms with van der Waals surface area (Å²) in [5.74, 6) is 0. The van der Waals surface area contributed by atoms with Crippen LogP contribution in [0.15, 0.2) is 59.8 Å². The second-order valence-corrected chi connectivity index (χ2v) is 7.52. The zero-order chi connectivity index (χ0) is 17.9. The van der Waals surface area contributed by atoms with Crippen molar-refractivity contribution in [2.45, 2.75) is 6.54 Å². The maximum Gasteiger partial charge on any atom is 0.104 e. The maximum absolute atomic E-state index is 6.09. The number of hydrogen-bond acceptors (Lipinski definition) is 3. The van der Waals surface area contributed by atoms with Gasteiger partial charge in [0.05, 0.1) is 38.6 Å². The lowest BCUT2D eigenvalue weighted by Gasteiger charge is -2.23. The van der Waals surface area contributed by atoms with Crippen molar-refractivity contribution >= 4 is 34.4 Å². The highest BCUT2D eigenvalue weighted by molar-refractivity contribution is 6.31. The maximum atomic E-state index is 6.09. The first-order valence-corrected chi connectivity index (χ1v) is 8.51. The summed E-state index contributed by atoms with van der Waals surface area (Å²) in [6.45, 7) is 0.999. The number of hydrazone groups is 1. The van der Waals surface area contributed by atoms with Gasteiger partial charge in [-0.05, 0) is 29.8 Å². The fraction of sp³-hybridized carbons (Fsp3) is 0.200. The van der Waals surface area contributed by atoms with Gasteiger partial charge in [0.2, 0.25) is 0 Å². The molecular weight excluding hydrogens is 459 g/mol. The van der Waals surface area contributed by atoms with Crippen molar-refractivity contribution in [1.82, 2.24) is 4.98 Å². The number of halogens is 2. The van der Waals surface area contributed by atoms with Crippen LogP contribution in [0.1, 0.15) is 11.1 Å². The predicted molar refractivity (Wildman–Crippen MR) is 106 cm³/mol. The molecule has 6 heteroatoms. The molecule has 0 amide bonds. The number of fused-ring (bicyclic) bond motifs is 1. The van der Waals surface area contributed by atoms with E-state index in [1.165, 1.54) is 5.56 Å². The highest BCUT2D eigenvalue weighted by Gasteiger charge is 2.07. The van der Waals surface area contributed by atoms with E-state index in [1.54, 1.807) is 6.20 Å². The zero-order valence-corrected chi connectivity index (χ0v) is 18.0. The smallest absolute Gasteiger partial charge is 0.104 e. The number of hydrogen-bond donors (Lipinski definition) is 1. The third kappa shape index (κ3) is 5.65. The van der Waals surface area contributed by atoms with E-state index in [9.17, 15) is 0 Å². The minimum Gasteiger partial charge on any atom is -1.00 e. The zero-order valence-electron chi connectivity index (χ0n) is 15.1. The summed E-state index contributed by atoms with van der Waals surface area (Å²) in [6, 6.07) is 16.0. The molecular formula is C20H22ClIN4. The Kier molecular flexibility index (Phi) is 6.97. The van der Waals surface area contributed by atoms with Gasteiger partial charge < -0.3 is 28.5 Å². The molecule has 1 aromatic heterocycles. The highest BCUT2D eigenvalue weighted by atomic mass is 127. The Morgan fingerprint density at radius 3 is 2.50 bits per heavy atom. The minimum absolute atomic E-state index is 0. The SMILES string of the molecule is C[N+](C)(C)Cc1ccc(/C=N\Nc2ccnc3ccc(Cl)cc23)cc1.[I-]. The van der Waals surface area contributed by atoms with Gasteiger partial charge in [-0.3, -0.25) is 10.4 Å². The average Bonchev–Trinajstić information content (AvgIpc) is 2.55. The molecule has 3 rings (SSSR count). The number of rotatable bonds is 5.